The molecule has 24 heavy (non-hydrogen) atoms. The van der Waals surface area contributed by atoms with E-state index in [0.29, 0.717) is 31.5 Å². The van der Waals surface area contributed by atoms with Crippen LogP contribution in [0.15, 0.2) is 42.5 Å². The lowest BCUT2D eigenvalue weighted by atomic mass is 10.1. The van der Waals surface area contributed by atoms with Crippen molar-refractivity contribution in [3.05, 3.63) is 48.0 Å². The van der Waals surface area contributed by atoms with E-state index in [9.17, 15) is 4.79 Å². The third-order valence-corrected chi connectivity index (χ3v) is 4.49. The molecule has 0 bridgehead atoms. The molecular weight excluding hydrogens is 304 g/mol. The maximum atomic E-state index is 12.5. The molecule has 5 heteroatoms. The van der Waals surface area contributed by atoms with Crippen LogP contribution >= 0.6 is 0 Å². The van der Waals surface area contributed by atoms with E-state index in [4.69, 9.17) is 9.47 Å². The van der Waals surface area contributed by atoms with E-state index < -0.39 is 0 Å². The Morgan fingerprint density at radius 3 is 2.83 bits per heavy atom. The van der Waals surface area contributed by atoms with E-state index >= 15 is 0 Å². The van der Waals surface area contributed by atoms with E-state index in [0.717, 1.165) is 23.5 Å². The van der Waals surface area contributed by atoms with Crippen molar-refractivity contribution in [2.75, 3.05) is 30.0 Å². The first-order valence-corrected chi connectivity index (χ1v) is 8.25. The molecule has 5 nitrogen and oxygen atoms in total. The Balaban J connectivity index is 1.46. The van der Waals surface area contributed by atoms with Crippen LogP contribution in [0.5, 0.6) is 11.5 Å². The first-order valence-electron chi connectivity index (χ1n) is 8.25. The first-order chi connectivity index (χ1) is 11.7. The molecule has 0 fully saturated rings. The van der Waals surface area contributed by atoms with Gasteiger partial charge in [0.15, 0.2) is 11.5 Å². The van der Waals surface area contributed by atoms with Gasteiger partial charge >= 0.3 is 0 Å². The molecule has 2 aliphatic rings. The SMILES string of the molecule is CC1Cc2ccccc2N1CC(=O)Nc1ccc2c(c1)OCCO2. The van der Waals surface area contributed by atoms with Crippen LogP contribution in [0.3, 0.4) is 0 Å². The molecule has 0 saturated carbocycles. The smallest absolute Gasteiger partial charge is 0.243 e. The second-order valence-corrected chi connectivity index (χ2v) is 6.22. The monoisotopic (exact) mass is 324 g/mol. The number of ether oxygens (including phenoxy) is 2. The van der Waals surface area contributed by atoms with Crippen molar-refractivity contribution in [2.24, 2.45) is 0 Å². The van der Waals surface area contributed by atoms with Crippen LogP contribution in [-0.4, -0.2) is 31.7 Å². The molecule has 124 valence electrons. The van der Waals surface area contributed by atoms with Gasteiger partial charge in [0.1, 0.15) is 13.2 Å². The molecule has 2 aliphatic heterocycles. The Kier molecular flexibility index (Phi) is 3.76. The molecule has 2 aromatic rings. The summed E-state index contributed by atoms with van der Waals surface area (Å²) in [5.74, 6) is 1.37. The number of fused-ring (bicyclic) bond motifs is 2. The molecule has 0 saturated heterocycles. The largest absolute Gasteiger partial charge is 0.486 e. The number of para-hydroxylation sites is 1. The van der Waals surface area contributed by atoms with Crippen molar-refractivity contribution in [2.45, 2.75) is 19.4 Å². The van der Waals surface area contributed by atoms with Crippen LogP contribution in [0.1, 0.15) is 12.5 Å². The van der Waals surface area contributed by atoms with Gasteiger partial charge in [-0.15, -0.1) is 0 Å². The van der Waals surface area contributed by atoms with E-state index in [2.05, 4.69) is 29.3 Å². The molecule has 1 unspecified atom stereocenters. The molecule has 0 radical (unpaired) electrons. The quantitative estimate of drug-likeness (QED) is 0.943. The molecule has 4 rings (SSSR count). The van der Waals surface area contributed by atoms with E-state index in [1.54, 1.807) is 0 Å². The van der Waals surface area contributed by atoms with Gasteiger partial charge in [-0.25, -0.2) is 0 Å². The van der Waals surface area contributed by atoms with Crippen molar-refractivity contribution < 1.29 is 14.3 Å². The molecule has 1 amide bonds. The Morgan fingerprint density at radius 1 is 1.17 bits per heavy atom. The summed E-state index contributed by atoms with van der Waals surface area (Å²) in [5, 5.41) is 2.95. The van der Waals surface area contributed by atoms with Crippen LogP contribution in [0.2, 0.25) is 0 Å². The number of nitrogens with zero attached hydrogens (tertiary/aromatic N) is 1. The van der Waals surface area contributed by atoms with Crippen molar-refractivity contribution in [3.8, 4) is 11.5 Å². The highest BCUT2D eigenvalue weighted by Gasteiger charge is 2.27. The predicted octanol–water partition coefficient (Wildman–Crippen LogP) is 2.85. The second kappa shape index (κ2) is 6.07. The summed E-state index contributed by atoms with van der Waals surface area (Å²) < 4.78 is 11.1. The van der Waals surface area contributed by atoms with Gasteiger partial charge in [-0.05, 0) is 37.1 Å². The lowest BCUT2D eigenvalue weighted by Gasteiger charge is -2.24. The Hall–Kier alpha value is -2.69. The number of rotatable bonds is 3. The Labute approximate surface area is 141 Å². The highest BCUT2D eigenvalue weighted by molar-refractivity contribution is 5.94. The normalized spacial score (nSPS) is 18.2. The Morgan fingerprint density at radius 2 is 1.96 bits per heavy atom. The average Bonchev–Trinajstić information content (AvgIpc) is 2.90. The number of hydrogen-bond donors (Lipinski definition) is 1. The molecule has 0 aliphatic carbocycles. The molecule has 2 heterocycles. The lowest BCUT2D eigenvalue weighted by molar-refractivity contribution is -0.115. The highest BCUT2D eigenvalue weighted by Crippen LogP contribution is 2.33. The minimum absolute atomic E-state index is 0.0322. The third kappa shape index (κ3) is 2.77. The third-order valence-electron chi connectivity index (χ3n) is 4.49. The highest BCUT2D eigenvalue weighted by atomic mass is 16.6. The van der Waals surface area contributed by atoms with Gasteiger partial charge in [0.05, 0.1) is 6.54 Å². The number of carbonyl (C=O) groups excluding carboxylic acids is 1. The van der Waals surface area contributed by atoms with Crippen LogP contribution < -0.4 is 19.7 Å². The maximum absolute atomic E-state index is 12.5. The molecule has 2 aromatic carbocycles. The van der Waals surface area contributed by atoms with Crippen molar-refractivity contribution in [1.29, 1.82) is 0 Å². The minimum atomic E-state index is -0.0322. The van der Waals surface area contributed by atoms with Gasteiger partial charge < -0.3 is 19.7 Å². The molecular formula is C19H20N2O3. The zero-order valence-corrected chi connectivity index (χ0v) is 13.6. The topological polar surface area (TPSA) is 50.8 Å². The number of amides is 1. The standard InChI is InChI=1S/C19H20N2O3/c1-13-10-14-4-2-3-5-16(14)21(13)12-19(22)20-15-6-7-17-18(11-15)24-9-8-23-17/h2-7,11,13H,8-10,12H2,1H3,(H,20,22). The zero-order chi connectivity index (χ0) is 16.5. The summed E-state index contributed by atoms with van der Waals surface area (Å²) in [7, 11) is 0. The van der Waals surface area contributed by atoms with E-state index in [1.807, 2.05) is 30.3 Å². The van der Waals surface area contributed by atoms with Gasteiger partial charge in [-0.2, -0.15) is 0 Å². The summed E-state index contributed by atoms with van der Waals surface area (Å²) in [6.45, 7) is 3.58. The van der Waals surface area contributed by atoms with Crippen LogP contribution in [0.4, 0.5) is 11.4 Å². The van der Waals surface area contributed by atoms with Crippen LogP contribution in [-0.2, 0) is 11.2 Å². The number of nitrogens with one attached hydrogen (secondary N) is 1. The predicted molar refractivity (Wildman–Crippen MR) is 93.0 cm³/mol. The summed E-state index contributed by atoms with van der Waals surface area (Å²) >= 11 is 0. The van der Waals surface area contributed by atoms with Gasteiger partial charge in [-0.1, -0.05) is 18.2 Å². The molecule has 0 spiro atoms. The number of hydrogen-bond acceptors (Lipinski definition) is 4. The lowest BCUT2D eigenvalue weighted by Crippen LogP contribution is -2.37. The van der Waals surface area contributed by atoms with Gasteiger partial charge in [0.25, 0.3) is 0 Å². The van der Waals surface area contributed by atoms with E-state index in [1.165, 1.54) is 5.56 Å². The summed E-state index contributed by atoms with van der Waals surface area (Å²) in [4.78, 5) is 14.6. The first kappa shape index (κ1) is 14.9. The van der Waals surface area contributed by atoms with Gasteiger partial charge in [0.2, 0.25) is 5.91 Å². The second-order valence-electron chi connectivity index (χ2n) is 6.22. The molecule has 0 aromatic heterocycles. The number of anilines is 2. The summed E-state index contributed by atoms with van der Waals surface area (Å²) in [6.07, 6.45) is 0.980. The Bertz CT molecular complexity index is 775. The molecule has 1 atom stereocenters. The minimum Gasteiger partial charge on any atom is -0.486 e. The van der Waals surface area contributed by atoms with Crippen LogP contribution in [0.25, 0.3) is 0 Å². The van der Waals surface area contributed by atoms with E-state index in [-0.39, 0.29) is 5.91 Å². The fraction of sp³-hybridized carbons (Fsp3) is 0.316. The zero-order valence-electron chi connectivity index (χ0n) is 13.6. The number of carbonyl (C=O) groups is 1. The maximum Gasteiger partial charge on any atom is 0.243 e. The fourth-order valence-corrected chi connectivity index (χ4v) is 3.35. The van der Waals surface area contributed by atoms with Gasteiger partial charge in [0, 0.05) is 23.5 Å². The van der Waals surface area contributed by atoms with Crippen molar-refractivity contribution >= 4 is 17.3 Å². The van der Waals surface area contributed by atoms with Gasteiger partial charge in [-0.3, -0.25) is 4.79 Å². The number of benzene rings is 2. The van der Waals surface area contributed by atoms with Crippen molar-refractivity contribution in [3.63, 3.8) is 0 Å². The summed E-state index contributed by atoms with van der Waals surface area (Å²) in [6, 6.07) is 14.1. The summed E-state index contributed by atoms with van der Waals surface area (Å²) in [5.41, 5.74) is 3.18. The van der Waals surface area contributed by atoms with Crippen molar-refractivity contribution in [1.82, 2.24) is 0 Å². The fourth-order valence-electron chi connectivity index (χ4n) is 3.35. The van der Waals surface area contributed by atoms with Crippen LogP contribution in [0, 0.1) is 0 Å². The molecule has 1 N–H and O–H groups in total. The average molecular weight is 324 g/mol.